The molecule has 1 aliphatic heterocycles. The molecule has 0 unspecified atom stereocenters. The summed E-state index contributed by atoms with van der Waals surface area (Å²) >= 11 is 0. The van der Waals surface area contributed by atoms with Gasteiger partial charge in [0.2, 0.25) is 0 Å². The summed E-state index contributed by atoms with van der Waals surface area (Å²) in [6, 6.07) is 15.9. The second-order valence-corrected chi connectivity index (χ2v) is 11.3. The number of nitrogens with zero attached hydrogens (tertiary/aromatic N) is 3. The van der Waals surface area contributed by atoms with Gasteiger partial charge in [-0.05, 0) is 76.1 Å². The van der Waals surface area contributed by atoms with Crippen LogP contribution < -0.4 is 9.64 Å². The first kappa shape index (κ1) is 26.1. The first-order chi connectivity index (χ1) is 19.4. The van der Waals surface area contributed by atoms with E-state index < -0.39 is 5.97 Å². The van der Waals surface area contributed by atoms with Crippen LogP contribution >= 0.6 is 0 Å². The predicted octanol–water partition coefficient (Wildman–Crippen LogP) is 7.49. The molecule has 3 heterocycles. The van der Waals surface area contributed by atoms with Crippen LogP contribution in [0.3, 0.4) is 0 Å². The van der Waals surface area contributed by atoms with E-state index in [1.165, 1.54) is 24.5 Å². The third-order valence-electron chi connectivity index (χ3n) is 7.88. The molecule has 0 spiro atoms. The van der Waals surface area contributed by atoms with Gasteiger partial charge in [-0.25, -0.2) is 9.78 Å². The number of ether oxygens (including phenoxy) is 1. The van der Waals surface area contributed by atoms with Crippen LogP contribution in [0.4, 0.5) is 5.69 Å². The van der Waals surface area contributed by atoms with Crippen LogP contribution in [0.1, 0.15) is 72.8 Å². The molecule has 7 nitrogen and oxygen atoms in total. The van der Waals surface area contributed by atoms with Gasteiger partial charge in [-0.1, -0.05) is 41.6 Å². The number of carboxylic acid groups (broad SMARTS) is 1. The van der Waals surface area contributed by atoms with E-state index in [0.29, 0.717) is 23.1 Å². The third-order valence-corrected chi connectivity index (χ3v) is 7.88. The molecule has 6 rings (SSSR count). The van der Waals surface area contributed by atoms with E-state index in [0.717, 1.165) is 59.6 Å². The van der Waals surface area contributed by atoms with Crippen molar-refractivity contribution in [3.05, 3.63) is 77.2 Å². The molecule has 0 amide bonds. The highest BCUT2D eigenvalue weighted by molar-refractivity contribution is 5.94. The maximum Gasteiger partial charge on any atom is 0.354 e. The number of piperidine rings is 1. The van der Waals surface area contributed by atoms with Gasteiger partial charge in [-0.15, -0.1) is 0 Å². The van der Waals surface area contributed by atoms with Crippen molar-refractivity contribution < 1.29 is 19.2 Å². The van der Waals surface area contributed by atoms with E-state index in [2.05, 4.69) is 64.4 Å². The lowest BCUT2D eigenvalue weighted by atomic mass is 9.93. The number of pyridine rings is 1. The van der Waals surface area contributed by atoms with Crippen molar-refractivity contribution in [2.75, 3.05) is 18.0 Å². The molecule has 0 atom stereocenters. The topological polar surface area (TPSA) is 88.7 Å². The minimum atomic E-state index is -1.06. The Morgan fingerprint density at radius 2 is 1.88 bits per heavy atom. The minimum Gasteiger partial charge on any atom is -0.490 e. The van der Waals surface area contributed by atoms with Gasteiger partial charge in [0.1, 0.15) is 17.2 Å². The average Bonchev–Trinajstić information content (AvgIpc) is 3.71. The number of rotatable bonds is 8. The molecule has 1 saturated carbocycles. The second-order valence-electron chi connectivity index (χ2n) is 11.3. The summed E-state index contributed by atoms with van der Waals surface area (Å²) in [5.41, 5.74) is 6.14. The maximum absolute atomic E-state index is 11.6. The minimum absolute atomic E-state index is 0.00764. The first-order valence-electron chi connectivity index (χ1n) is 14.2. The molecule has 1 aliphatic carbocycles. The molecule has 2 aliphatic rings. The van der Waals surface area contributed by atoms with Crippen LogP contribution in [0.5, 0.6) is 5.75 Å². The zero-order chi connectivity index (χ0) is 27.8. The molecule has 0 bridgehead atoms. The number of allylic oxidation sites excluding steroid dienone is 1. The summed E-state index contributed by atoms with van der Waals surface area (Å²) in [7, 11) is 0. The van der Waals surface area contributed by atoms with Crippen molar-refractivity contribution in [3.63, 3.8) is 0 Å². The van der Waals surface area contributed by atoms with Gasteiger partial charge >= 0.3 is 5.97 Å². The number of aromatic nitrogens is 2. The lowest BCUT2D eigenvalue weighted by Gasteiger charge is -2.32. The number of fused-ring (bicyclic) bond motifs is 1. The summed E-state index contributed by atoms with van der Waals surface area (Å²) in [6.45, 7) is 7.87. The van der Waals surface area contributed by atoms with Gasteiger partial charge in [0.25, 0.3) is 0 Å². The third kappa shape index (κ3) is 5.33. The molecule has 2 aromatic carbocycles. The van der Waals surface area contributed by atoms with E-state index in [1.54, 1.807) is 0 Å². The second kappa shape index (κ2) is 10.8. The van der Waals surface area contributed by atoms with Crippen LogP contribution in [0.2, 0.25) is 0 Å². The summed E-state index contributed by atoms with van der Waals surface area (Å²) in [5.74, 6) is 1.49. The Hall–Kier alpha value is -4.13. The van der Waals surface area contributed by atoms with Gasteiger partial charge < -0.3 is 19.3 Å². The molecule has 0 radical (unpaired) electrons. The summed E-state index contributed by atoms with van der Waals surface area (Å²) in [5, 5.41) is 14.8. The van der Waals surface area contributed by atoms with Crippen LogP contribution in [0, 0.1) is 12.8 Å². The van der Waals surface area contributed by atoms with Crippen molar-refractivity contribution in [2.45, 2.75) is 58.5 Å². The number of hydrogen-bond acceptors (Lipinski definition) is 6. The molecular weight excluding hydrogens is 502 g/mol. The molecule has 40 heavy (non-hydrogen) atoms. The van der Waals surface area contributed by atoms with Gasteiger partial charge in [0, 0.05) is 47.3 Å². The standard InChI is InChI=1S/C33H35N3O4/c1-20(2)39-30-19-29(33(37)38)34-28-13-11-24(18-27(28)30)36-16-14-22(15-17-36)8-12-26-31(25-7-5-4-6-21(25)3)35-40-32(26)23-9-10-23/h4-8,11-13,18-20,22-23H,9-10,14-17H2,1-3H3,(H,37,38)/b12-8+. The number of anilines is 1. The van der Waals surface area contributed by atoms with Crippen molar-refractivity contribution in [2.24, 2.45) is 5.92 Å². The average molecular weight is 538 g/mol. The Bertz CT molecular complexity index is 1580. The molecule has 2 fully saturated rings. The van der Waals surface area contributed by atoms with Gasteiger partial charge in [0.15, 0.2) is 5.69 Å². The molecule has 4 aromatic rings. The van der Waals surface area contributed by atoms with E-state index in [9.17, 15) is 9.90 Å². The largest absolute Gasteiger partial charge is 0.490 e. The van der Waals surface area contributed by atoms with Crippen LogP contribution in [-0.4, -0.2) is 40.4 Å². The monoisotopic (exact) mass is 537 g/mol. The van der Waals surface area contributed by atoms with Crippen LogP contribution in [0.25, 0.3) is 28.2 Å². The Labute approximate surface area is 234 Å². The lowest BCUT2D eigenvalue weighted by Crippen LogP contribution is -2.33. The predicted molar refractivity (Wildman–Crippen MR) is 157 cm³/mol. The Morgan fingerprint density at radius 3 is 2.58 bits per heavy atom. The van der Waals surface area contributed by atoms with E-state index in [4.69, 9.17) is 9.26 Å². The zero-order valence-corrected chi connectivity index (χ0v) is 23.3. The molecule has 7 heteroatoms. The fourth-order valence-electron chi connectivity index (χ4n) is 5.57. The van der Waals surface area contributed by atoms with Crippen molar-refractivity contribution in [3.8, 4) is 17.0 Å². The number of carbonyl (C=O) groups is 1. The normalized spacial score (nSPS) is 16.4. The number of aromatic carboxylic acids is 1. The molecule has 1 saturated heterocycles. The van der Waals surface area contributed by atoms with Gasteiger partial charge in [-0.3, -0.25) is 0 Å². The summed E-state index contributed by atoms with van der Waals surface area (Å²) < 4.78 is 11.9. The van der Waals surface area contributed by atoms with Crippen molar-refractivity contribution in [1.82, 2.24) is 10.1 Å². The quantitative estimate of drug-likeness (QED) is 0.249. The van der Waals surface area contributed by atoms with E-state index in [-0.39, 0.29) is 11.8 Å². The van der Waals surface area contributed by atoms with Gasteiger partial charge in [0.05, 0.1) is 11.6 Å². The number of carboxylic acids is 1. The number of aryl methyl sites for hydroxylation is 1. The Morgan fingerprint density at radius 1 is 1.10 bits per heavy atom. The molecule has 206 valence electrons. The molecule has 1 N–H and O–H groups in total. The fraction of sp³-hybridized carbons (Fsp3) is 0.364. The van der Waals surface area contributed by atoms with Gasteiger partial charge in [-0.2, -0.15) is 0 Å². The van der Waals surface area contributed by atoms with Crippen molar-refractivity contribution >= 4 is 28.6 Å². The highest BCUT2D eigenvalue weighted by atomic mass is 16.5. The molecular formula is C33H35N3O4. The SMILES string of the molecule is Cc1ccccc1-c1noc(C2CC2)c1/C=C/C1CCN(c2ccc3nc(C(=O)O)cc(OC(C)C)c3c2)CC1. The fourth-order valence-corrected chi connectivity index (χ4v) is 5.57. The Kier molecular flexibility index (Phi) is 7.05. The van der Waals surface area contributed by atoms with Crippen LogP contribution in [-0.2, 0) is 0 Å². The zero-order valence-electron chi connectivity index (χ0n) is 23.3. The Balaban J connectivity index is 1.20. The number of benzene rings is 2. The summed E-state index contributed by atoms with van der Waals surface area (Å²) in [4.78, 5) is 18.3. The molecule has 2 aromatic heterocycles. The highest BCUT2D eigenvalue weighted by Gasteiger charge is 2.32. The maximum atomic E-state index is 11.6. The summed E-state index contributed by atoms with van der Waals surface area (Å²) in [6.07, 6.45) is 8.96. The highest BCUT2D eigenvalue weighted by Crippen LogP contribution is 2.45. The van der Waals surface area contributed by atoms with Crippen LogP contribution in [0.15, 0.2) is 59.1 Å². The smallest absolute Gasteiger partial charge is 0.354 e. The van der Waals surface area contributed by atoms with E-state index >= 15 is 0 Å². The first-order valence-corrected chi connectivity index (χ1v) is 14.2. The number of hydrogen-bond donors (Lipinski definition) is 1. The lowest BCUT2D eigenvalue weighted by molar-refractivity contribution is 0.0690. The van der Waals surface area contributed by atoms with Crippen molar-refractivity contribution in [1.29, 1.82) is 0 Å². The van der Waals surface area contributed by atoms with E-state index in [1.807, 2.05) is 26.0 Å².